The summed E-state index contributed by atoms with van der Waals surface area (Å²) in [5, 5.41) is 16.7. The molecule has 0 saturated carbocycles. The standard InChI is InChI=1S/C15H15ClN4O4S/c1-2-14-18-19-15(24-14)12-9-20(5-6-23-12)25(21,22)13-4-3-10(8-17)7-11(13)16/h3-4,7,12H,2,5-6,9H2,1H3. The van der Waals surface area contributed by atoms with Crippen molar-refractivity contribution in [2.75, 3.05) is 19.7 Å². The van der Waals surface area contributed by atoms with E-state index in [0.717, 1.165) is 0 Å². The van der Waals surface area contributed by atoms with Gasteiger partial charge in [-0.15, -0.1) is 10.2 Å². The summed E-state index contributed by atoms with van der Waals surface area (Å²) in [5.74, 6) is 0.719. The highest BCUT2D eigenvalue weighted by atomic mass is 35.5. The molecule has 0 aliphatic carbocycles. The number of benzene rings is 1. The molecule has 1 aliphatic heterocycles. The molecule has 1 saturated heterocycles. The van der Waals surface area contributed by atoms with Crippen molar-refractivity contribution in [2.24, 2.45) is 0 Å². The van der Waals surface area contributed by atoms with Crippen LogP contribution in [0.15, 0.2) is 27.5 Å². The molecule has 1 atom stereocenters. The molecule has 1 unspecified atom stereocenters. The molecule has 1 aliphatic rings. The van der Waals surface area contributed by atoms with Crippen molar-refractivity contribution < 1.29 is 17.6 Å². The number of nitrogens with zero attached hydrogens (tertiary/aromatic N) is 4. The highest BCUT2D eigenvalue weighted by Crippen LogP contribution is 2.29. The molecule has 10 heteroatoms. The Kier molecular flexibility index (Phi) is 5.06. The zero-order valence-electron chi connectivity index (χ0n) is 13.3. The number of aromatic nitrogens is 2. The second kappa shape index (κ2) is 7.09. The van der Waals surface area contributed by atoms with Crippen LogP contribution in [0, 0.1) is 11.3 Å². The number of sulfonamides is 1. The van der Waals surface area contributed by atoms with Crippen LogP contribution in [0.25, 0.3) is 0 Å². The first-order valence-corrected chi connectivity index (χ1v) is 9.41. The molecule has 2 aromatic rings. The second-order valence-corrected chi connectivity index (χ2v) is 7.68. The van der Waals surface area contributed by atoms with E-state index in [-0.39, 0.29) is 35.5 Å². The quantitative estimate of drug-likeness (QED) is 0.794. The van der Waals surface area contributed by atoms with Crippen LogP contribution >= 0.6 is 11.6 Å². The van der Waals surface area contributed by atoms with Crippen LogP contribution < -0.4 is 0 Å². The van der Waals surface area contributed by atoms with Crippen LogP contribution in [0.1, 0.15) is 30.4 Å². The first kappa shape index (κ1) is 17.8. The van der Waals surface area contributed by atoms with Gasteiger partial charge in [-0.05, 0) is 18.2 Å². The Hall–Kier alpha value is -1.99. The first-order valence-electron chi connectivity index (χ1n) is 7.59. The third-order valence-electron chi connectivity index (χ3n) is 3.77. The van der Waals surface area contributed by atoms with Crippen LogP contribution in [-0.4, -0.2) is 42.6 Å². The minimum atomic E-state index is -3.84. The van der Waals surface area contributed by atoms with E-state index in [4.69, 9.17) is 26.0 Å². The molecule has 0 radical (unpaired) electrons. The molecular weight excluding hydrogens is 368 g/mol. The van der Waals surface area contributed by atoms with Gasteiger partial charge in [0.1, 0.15) is 11.0 Å². The Morgan fingerprint density at radius 2 is 2.24 bits per heavy atom. The smallest absolute Gasteiger partial charge is 0.246 e. The molecule has 1 aromatic heterocycles. The van der Waals surface area contributed by atoms with E-state index in [9.17, 15) is 8.42 Å². The summed E-state index contributed by atoms with van der Waals surface area (Å²) in [6.07, 6.45) is -0.0451. The van der Waals surface area contributed by atoms with Gasteiger partial charge in [0.15, 0.2) is 0 Å². The lowest BCUT2D eigenvalue weighted by molar-refractivity contribution is -0.0177. The molecule has 2 heterocycles. The lowest BCUT2D eigenvalue weighted by Crippen LogP contribution is -2.42. The maximum Gasteiger partial charge on any atom is 0.246 e. The fraction of sp³-hybridized carbons (Fsp3) is 0.400. The van der Waals surface area contributed by atoms with Crippen LogP contribution in [0.4, 0.5) is 0 Å². The number of hydrogen-bond donors (Lipinski definition) is 0. The van der Waals surface area contributed by atoms with Crippen molar-refractivity contribution >= 4 is 21.6 Å². The summed E-state index contributed by atoms with van der Waals surface area (Å²) in [4.78, 5) is -0.0476. The van der Waals surface area contributed by atoms with Crippen molar-refractivity contribution in [3.05, 3.63) is 40.6 Å². The van der Waals surface area contributed by atoms with Crippen molar-refractivity contribution in [1.29, 1.82) is 5.26 Å². The molecule has 1 aromatic carbocycles. The van der Waals surface area contributed by atoms with Crippen LogP contribution in [-0.2, 0) is 21.2 Å². The topological polar surface area (TPSA) is 109 Å². The number of nitriles is 1. The van der Waals surface area contributed by atoms with E-state index < -0.39 is 16.1 Å². The largest absolute Gasteiger partial charge is 0.422 e. The fourth-order valence-electron chi connectivity index (χ4n) is 2.45. The summed E-state index contributed by atoms with van der Waals surface area (Å²) < 4.78 is 38.1. The number of morpholine rings is 1. The molecular formula is C15H15ClN4O4S. The van der Waals surface area contributed by atoms with Crippen LogP contribution in [0.5, 0.6) is 0 Å². The molecule has 0 bridgehead atoms. The van der Waals surface area contributed by atoms with E-state index in [1.807, 2.05) is 13.0 Å². The maximum absolute atomic E-state index is 12.9. The van der Waals surface area contributed by atoms with Crippen molar-refractivity contribution in [2.45, 2.75) is 24.3 Å². The number of halogens is 1. The molecule has 3 rings (SSSR count). The van der Waals surface area contributed by atoms with Gasteiger partial charge < -0.3 is 9.15 Å². The Labute approximate surface area is 150 Å². The monoisotopic (exact) mass is 382 g/mol. The summed E-state index contributed by atoms with van der Waals surface area (Å²) in [6.45, 7) is 2.30. The summed E-state index contributed by atoms with van der Waals surface area (Å²) in [7, 11) is -3.84. The zero-order valence-corrected chi connectivity index (χ0v) is 14.9. The summed E-state index contributed by atoms with van der Waals surface area (Å²) in [5.41, 5.74) is 0.293. The lowest BCUT2D eigenvalue weighted by atomic mass is 10.2. The minimum Gasteiger partial charge on any atom is -0.422 e. The van der Waals surface area contributed by atoms with E-state index in [1.165, 1.54) is 22.5 Å². The normalized spacial score (nSPS) is 18.8. The third-order valence-corrected chi connectivity index (χ3v) is 6.12. The van der Waals surface area contributed by atoms with Gasteiger partial charge in [0.2, 0.25) is 21.8 Å². The molecule has 0 spiro atoms. The van der Waals surface area contributed by atoms with E-state index >= 15 is 0 Å². The lowest BCUT2D eigenvalue weighted by Gasteiger charge is -2.30. The molecule has 0 amide bonds. The third kappa shape index (κ3) is 3.52. The average molecular weight is 383 g/mol. The predicted molar refractivity (Wildman–Crippen MR) is 87.3 cm³/mol. The fourth-order valence-corrected chi connectivity index (χ4v) is 4.39. The SMILES string of the molecule is CCc1nnc(C2CN(S(=O)(=O)c3ccc(C#N)cc3Cl)CCO2)o1. The van der Waals surface area contributed by atoms with Gasteiger partial charge in [-0.2, -0.15) is 9.57 Å². The predicted octanol–water partition coefficient (Wildman–Crippen LogP) is 1.92. The maximum atomic E-state index is 12.9. The Morgan fingerprint density at radius 3 is 2.88 bits per heavy atom. The Bertz CT molecular complexity index is 922. The summed E-state index contributed by atoms with van der Waals surface area (Å²) >= 11 is 6.06. The summed E-state index contributed by atoms with van der Waals surface area (Å²) in [6, 6.07) is 6.01. The van der Waals surface area contributed by atoms with Crippen LogP contribution in [0.2, 0.25) is 5.02 Å². The average Bonchev–Trinajstić information content (AvgIpc) is 3.10. The Morgan fingerprint density at radius 1 is 1.44 bits per heavy atom. The van der Waals surface area contributed by atoms with Gasteiger partial charge in [0.05, 0.1) is 23.3 Å². The van der Waals surface area contributed by atoms with Gasteiger partial charge in [-0.25, -0.2) is 8.42 Å². The highest BCUT2D eigenvalue weighted by Gasteiger charge is 2.35. The van der Waals surface area contributed by atoms with Crippen molar-refractivity contribution in [3.8, 4) is 6.07 Å². The van der Waals surface area contributed by atoms with Gasteiger partial charge in [-0.3, -0.25) is 0 Å². The van der Waals surface area contributed by atoms with E-state index in [2.05, 4.69) is 10.2 Å². The number of rotatable bonds is 4. The van der Waals surface area contributed by atoms with Gasteiger partial charge in [0.25, 0.3) is 0 Å². The van der Waals surface area contributed by atoms with E-state index in [0.29, 0.717) is 17.9 Å². The number of aryl methyl sites for hydroxylation is 1. The molecule has 0 N–H and O–H groups in total. The molecule has 25 heavy (non-hydrogen) atoms. The van der Waals surface area contributed by atoms with Gasteiger partial charge >= 0.3 is 0 Å². The Balaban J connectivity index is 1.86. The molecule has 1 fully saturated rings. The highest BCUT2D eigenvalue weighted by molar-refractivity contribution is 7.89. The number of ether oxygens (including phenoxy) is 1. The van der Waals surface area contributed by atoms with Gasteiger partial charge in [0, 0.05) is 19.5 Å². The second-order valence-electron chi connectivity index (χ2n) is 5.37. The molecule has 132 valence electrons. The van der Waals surface area contributed by atoms with Crippen molar-refractivity contribution in [3.63, 3.8) is 0 Å². The van der Waals surface area contributed by atoms with Crippen LogP contribution in [0.3, 0.4) is 0 Å². The first-order chi connectivity index (χ1) is 12.0. The van der Waals surface area contributed by atoms with E-state index in [1.54, 1.807) is 0 Å². The molecule has 8 nitrogen and oxygen atoms in total. The minimum absolute atomic E-state index is 0.00755. The zero-order chi connectivity index (χ0) is 18.0. The van der Waals surface area contributed by atoms with Crippen molar-refractivity contribution in [1.82, 2.24) is 14.5 Å². The number of hydrogen-bond acceptors (Lipinski definition) is 7. The van der Waals surface area contributed by atoms with Gasteiger partial charge in [-0.1, -0.05) is 18.5 Å².